The van der Waals surface area contributed by atoms with Crippen molar-refractivity contribution >= 4 is 56.5 Å². The monoisotopic (exact) mass is 426 g/mol. The van der Waals surface area contributed by atoms with E-state index >= 15 is 0 Å². The summed E-state index contributed by atoms with van der Waals surface area (Å²) in [5.41, 5.74) is 7.19. The van der Waals surface area contributed by atoms with Crippen molar-refractivity contribution in [3.63, 3.8) is 0 Å². The number of thioether (sulfide) groups is 1. The highest BCUT2D eigenvalue weighted by molar-refractivity contribution is 8.14. The van der Waals surface area contributed by atoms with Gasteiger partial charge < -0.3 is 10.6 Å². The van der Waals surface area contributed by atoms with Crippen LogP contribution in [0.4, 0.5) is 5.13 Å². The summed E-state index contributed by atoms with van der Waals surface area (Å²) < 4.78 is 0. The molecular formula is C18H20Cl2N4S2. The zero-order chi connectivity index (χ0) is 18.3. The number of nitrogens with zero attached hydrogens (tertiary/aromatic N) is 3. The third kappa shape index (κ3) is 3.50. The molecule has 0 bridgehead atoms. The molecule has 3 heterocycles. The lowest BCUT2D eigenvalue weighted by Crippen LogP contribution is -2.42. The van der Waals surface area contributed by atoms with Crippen LogP contribution in [-0.4, -0.2) is 29.7 Å². The minimum atomic E-state index is 0.266. The van der Waals surface area contributed by atoms with E-state index in [0.717, 1.165) is 53.2 Å². The van der Waals surface area contributed by atoms with Crippen LogP contribution in [0.15, 0.2) is 28.1 Å². The van der Waals surface area contributed by atoms with Gasteiger partial charge in [0.2, 0.25) is 0 Å². The number of aromatic nitrogens is 1. The summed E-state index contributed by atoms with van der Waals surface area (Å²) in [6.45, 7) is 5.76. The Morgan fingerprint density at radius 3 is 2.81 bits per heavy atom. The second-order valence-corrected chi connectivity index (χ2v) is 9.92. The molecule has 1 saturated heterocycles. The predicted octanol–water partition coefficient (Wildman–Crippen LogP) is 5.07. The molecule has 0 atom stereocenters. The van der Waals surface area contributed by atoms with Crippen molar-refractivity contribution in [3.8, 4) is 0 Å². The highest BCUT2D eigenvalue weighted by Crippen LogP contribution is 2.41. The number of nitrogens with two attached hydrogens (primary N) is 1. The molecule has 8 heteroatoms. The number of piperidine rings is 1. The zero-order valence-electron chi connectivity index (χ0n) is 14.5. The van der Waals surface area contributed by atoms with Gasteiger partial charge in [-0.05, 0) is 36.9 Å². The average Bonchev–Trinajstić information content (AvgIpc) is 3.21. The standard InChI is InChI=1S/C18H20Cl2N4S2/c1-18(10-21)5-7-24(8-6-18)17-23-15-13(26-17)9-22-16(15)25-12-4-2-3-11(19)14(12)20/h2-4H,5-10,21H2,1H3. The molecule has 2 aliphatic heterocycles. The van der Waals surface area contributed by atoms with Crippen molar-refractivity contribution in [1.29, 1.82) is 0 Å². The second-order valence-electron chi connectivity index (χ2n) is 7.05. The van der Waals surface area contributed by atoms with E-state index < -0.39 is 0 Å². The number of thiazole rings is 1. The van der Waals surface area contributed by atoms with E-state index in [0.29, 0.717) is 16.6 Å². The summed E-state index contributed by atoms with van der Waals surface area (Å²) in [5.74, 6) is 0. The van der Waals surface area contributed by atoms with E-state index in [9.17, 15) is 0 Å². The lowest BCUT2D eigenvalue weighted by atomic mass is 9.81. The normalized spacial score (nSPS) is 18.8. The number of aliphatic imine (C=N–C) groups is 1. The predicted molar refractivity (Wildman–Crippen MR) is 113 cm³/mol. The summed E-state index contributed by atoms with van der Waals surface area (Å²) >= 11 is 15.7. The maximum absolute atomic E-state index is 6.32. The maximum Gasteiger partial charge on any atom is 0.186 e. The van der Waals surface area contributed by atoms with Crippen LogP contribution in [0.25, 0.3) is 0 Å². The Bertz CT molecular complexity index is 857. The number of hydrogen-bond donors (Lipinski definition) is 1. The van der Waals surface area contributed by atoms with Crippen molar-refractivity contribution in [3.05, 3.63) is 38.8 Å². The molecule has 2 aliphatic rings. The number of benzene rings is 1. The van der Waals surface area contributed by atoms with Crippen LogP contribution in [-0.2, 0) is 6.54 Å². The highest BCUT2D eigenvalue weighted by atomic mass is 35.5. The Morgan fingerprint density at radius 1 is 1.31 bits per heavy atom. The van der Waals surface area contributed by atoms with Crippen molar-refractivity contribution in [2.75, 3.05) is 24.5 Å². The van der Waals surface area contributed by atoms with Gasteiger partial charge in [0, 0.05) is 18.0 Å². The number of rotatable bonds is 3. The Labute approximate surface area is 171 Å². The van der Waals surface area contributed by atoms with Gasteiger partial charge in [0.05, 0.1) is 21.5 Å². The first-order valence-electron chi connectivity index (χ1n) is 8.60. The number of fused-ring (bicyclic) bond motifs is 1. The third-order valence-electron chi connectivity index (χ3n) is 5.11. The first-order valence-corrected chi connectivity index (χ1v) is 11.0. The van der Waals surface area contributed by atoms with Crippen LogP contribution in [0.3, 0.4) is 0 Å². The lowest BCUT2D eigenvalue weighted by Gasteiger charge is -2.38. The van der Waals surface area contributed by atoms with Crippen LogP contribution in [0.1, 0.15) is 30.3 Å². The number of halogens is 2. The second kappa shape index (κ2) is 7.32. The molecule has 1 aromatic carbocycles. The van der Waals surface area contributed by atoms with Crippen LogP contribution in [0.2, 0.25) is 10.0 Å². The third-order valence-corrected chi connectivity index (χ3v) is 8.22. The van der Waals surface area contributed by atoms with Gasteiger partial charge in [-0.25, -0.2) is 4.98 Å². The Kier molecular flexibility index (Phi) is 5.23. The molecule has 1 fully saturated rings. The minimum absolute atomic E-state index is 0.266. The van der Waals surface area contributed by atoms with E-state index in [4.69, 9.17) is 33.9 Å². The molecule has 26 heavy (non-hydrogen) atoms. The molecule has 2 N–H and O–H groups in total. The van der Waals surface area contributed by atoms with Gasteiger partial charge in [0.15, 0.2) is 5.13 Å². The molecule has 4 nitrogen and oxygen atoms in total. The Balaban J connectivity index is 1.51. The van der Waals surface area contributed by atoms with Crippen LogP contribution >= 0.6 is 46.3 Å². The van der Waals surface area contributed by atoms with Gasteiger partial charge in [-0.2, -0.15) is 0 Å². The quantitative estimate of drug-likeness (QED) is 0.743. The Hall–Kier alpha value is -0.790. The lowest BCUT2D eigenvalue weighted by molar-refractivity contribution is 0.258. The van der Waals surface area contributed by atoms with Crippen molar-refractivity contribution < 1.29 is 0 Å². The smallest absolute Gasteiger partial charge is 0.186 e. The molecule has 1 aromatic heterocycles. The largest absolute Gasteiger partial charge is 0.348 e. The highest BCUT2D eigenvalue weighted by Gasteiger charge is 2.31. The average molecular weight is 427 g/mol. The van der Waals surface area contributed by atoms with E-state index in [1.807, 2.05) is 12.1 Å². The molecule has 2 aromatic rings. The minimum Gasteiger partial charge on any atom is -0.348 e. The van der Waals surface area contributed by atoms with Crippen molar-refractivity contribution in [2.24, 2.45) is 16.1 Å². The first-order chi connectivity index (χ1) is 12.5. The molecule has 0 saturated carbocycles. The van der Waals surface area contributed by atoms with Gasteiger partial charge in [-0.1, -0.05) is 59.3 Å². The van der Waals surface area contributed by atoms with Gasteiger partial charge >= 0.3 is 0 Å². The fraction of sp³-hybridized carbons (Fsp3) is 0.444. The van der Waals surface area contributed by atoms with E-state index in [2.05, 4.69) is 16.8 Å². The van der Waals surface area contributed by atoms with Crippen LogP contribution < -0.4 is 10.6 Å². The number of hydrogen-bond acceptors (Lipinski definition) is 6. The SMILES string of the molecule is CC1(CN)CCN(c2nc3c(s2)CN=C3Sc2cccc(Cl)c2Cl)CC1. The topological polar surface area (TPSA) is 54.5 Å². The van der Waals surface area contributed by atoms with Crippen LogP contribution in [0.5, 0.6) is 0 Å². The van der Waals surface area contributed by atoms with E-state index in [1.165, 1.54) is 4.88 Å². The maximum atomic E-state index is 6.32. The van der Waals surface area contributed by atoms with Gasteiger partial charge in [0.1, 0.15) is 10.7 Å². The van der Waals surface area contributed by atoms with Crippen molar-refractivity contribution in [1.82, 2.24) is 4.98 Å². The van der Waals surface area contributed by atoms with Crippen LogP contribution in [0, 0.1) is 5.41 Å². The van der Waals surface area contributed by atoms with Crippen molar-refractivity contribution in [2.45, 2.75) is 31.2 Å². The molecule has 138 valence electrons. The zero-order valence-corrected chi connectivity index (χ0v) is 17.6. The number of anilines is 1. The fourth-order valence-electron chi connectivity index (χ4n) is 3.16. The van der Waals surface area contributed by atoms with E-state index in [-0.39, 0.29) is 5.41 Å². The Morgan fingerprint density at radius 2 is 2.08 bits per heavy atom. The summed E-state index contributed by atoms with van der Waals surface area (Å²) in [5, 5.41) is 3.16. The van der Waals surface area contributed by atoms with Gasteiger partial charge in [-0.15, -0.1) is 0 Å². The summed E-state index contributed by atoms with van der Waals surface area (Å²) in [6, 6.07) is 5.66. The molecule has 0 spiro atoms. The first kappa shape index (κ1) is 18.6. The summed E-state index contributed by atoms with van der Waals surface area (Å²) in [4.78, 5) is 14.1. The van der Waals surface area contributed by atoms with E-state index in [1.54, 1.807) is 29.2 Å². The molecule has 0 aliphatic carbocycles. The van der Waals surface area contributed by atoms with Gasteiger partial charge in [-0.3, -0.25) is 4.99 Å². The fourth-order valence-corrected chi connectivity index (χ4v) is 5.68. The summed E-state index contributed by atoms with van der Waals surface area (Å²) in [6.07, 6.45) is 2.23. The molecule has 0 unspecified atom stereocenters. The van der Waals surface area contributed by atoms with Gasteiger partial charge in [0.25, 0.3) is 0 Å². The molecule has 0 amide bonds. The molecular weight excluding hydrogens is 407 g/mol. The molecule has 4 rings (SSSR count). The molecule has 0 radical (unpaired) electrons. The summed E-state index contributed by atoms with van der Waals surface area (Å²) in [7, 11) is 0.